The van der Waals surface area contributed by atoms with E-state index in [0.29, 0.717) is 11.8 Å². The fourth-order valence-corrected chi connectivity index (χ4v) is 3.25. The molecule has 1 amide bonds. The van der Waals surface area contributed by atoms with E-state index in [1.165, 1.54) is 19.3 Å². The van der Waals surface area contributed by atoms with E-state index in [0.717, 1.165) is 18.3 Å². The molecule has 0 aliphatic heterocycles. The first-order valence-corrected chi connectivity index (χ1v) is 7.19. The molecule has 1 aliphatic carbocycles. The quantitative estimate of drug-likeness (QED) is 0.798. The molecule has 1 rings (SSSR count). The predicted molar refractivity (Wildman–Crippen MR) is 72.7 cm³/mol. The minimum Gasteiger partial charge on any atom is -0.354 e. The average Bonchev–Trinajstić information content (AvgIpc) is 2.15. The molecule has 0 aromatic heterocycles. The minimum atomic E-state index is 0.241. The van der Waals surface area contributed by atoms with E-state index < -0.39 is 0 Å². The van der Waals surface area contributed by atoms with E-state index in [1.54, 1.807) is 0 Å². The van der Waals surface area contributed by atoms with Gasteiger partial charge in [-0.3, -0.25) is 4.79 Å². The molecule has 0 heterocycles. The molecule has 100 valence electrons. The van der Waals surface area contributed by atoms with Crippen LogP contribution in [0.1, 0.15) is 60.3 Å². The van der Waals surface area contributed by atoms with Crippen LogP contribution in [0.3, 0.4) is 0 Å². The van der Waals surface area contributed by atoms with Crippen LogP contribution >= 0.6 is 0 Å². The zero-order chi connectivity index (χ0) is 13.0. The molecule has 17 heavy (non-hydrogen) atoms. The summed E-state index contributed by atoms with van der Waals surface area (Å²) in [5, 5.41) is 3.03. The summed E-state index contributed by atoms with van der Waals surface area (Å²) in [5.41, 5.74) is 0. The van der Waals surface area contributed by atoms with Gasteiger partial charge in [0.25, 0.3) is 0 Å². The lowest BCUT2D eigenvalue weighted by Crippen LogP contribution is -2.36. The van der Waals surface area contributed by atoms with Crippen molar-refractivity contribution in [1.29, 1.82) is 0 Å². The van der Waals surface area contributed by atoms with Gasteiger partial charge < -0.3 is 5.32 Å². The largest absolute Gasteiger partial charge is 0.354 e. The Hall–Kier alpha value is -0.530. The SMILES string of the molecule is CC1CCC(C(C)C)C(CC(=O)NC(C)C)C1. The van der Waals surface area contributed by atoms with Crippen LogP contribution in [0.15, 0.2) is 0 Å². The molecule has 2 heteroatoms. The molecular formula is C15H29NO. The average molecular weight is 239 g/mol. The van der Waals surface area contributed by atoms with Crippen LogP contribution in [0.5, 0.6) is 0 Å². The van der Waals surface area contributed by atoms with Crippen molar-refractivity contribution in [2.24, 2.45) is 23.7 Å². The Morgan fingerprint density at radius 1 is 1.24 bits per heavy atom. The second-order valence-electron chi connectivity index (χ2n) is 6.51. The van der Waals surface area contributed by atoms with E-state index in [4.69, 9.17) is 0 Å². The molecular weight excluding hydrogens is 210 g/mol. The second-order valence-corrected chi connectivity index (χ2v) is 6.51. The summed E-state index contributed by atoms with van der Waals surface area (Å²) in [6.07, 6.45) is 4.60. The van der Waals surface area contributed by atoms with E-state index in [-0.39, 0.29) is 11.9 Å². The molecule has 2 nitrogen and oxygen atoms in total. The van der Waals surface area contributed by atoms with Gasteiger partial charge in [-0.05, 0) is 50.4 Å². The van der Waals surface area contributed by atoms with Crippen LogP contribution in [0.2, 0.25) is 0 Å². The standard InChI is InChI=1S/C15H29NO/c1-10(2)14-7-6-12(5)8-13(14)9-15(17)16-11(3)4/h10-14H,6-9H2,1-5H3,(H,16,17). The highest BCUT2D eigenvalue weighted by Gasteiger charge is 2.31. The Kier molecular flexibility index (Phi) is 5.48. The van der Waals surface area contributed by atoms with Gasteiger partial charge in [0.1, 0.15) is 0 Å². The lowest BCUT2D eigenvalue weighted by atomic mass is 9.69. The van der Waals surface area contributed by atoms with Crippen LogP contribution in [-0.2, 0) is 4.79 Å². The molecule has 0 saturated heterocycles. The van der Waals surface area contributed by atoms with Gasteiger partial charge in [0.05, 0.1) is 0 Å². The maximum atomic E-state index is 11.9. The Labute approximate surface area is 107 Å². The number of carbonyl (C=O) groups excluding carboxylic acids is 1. The molecule has 1 aliphatic rings. The topological polar surface area (TPSA) is 29.1 Å². The third-order valence-electron chi connectivity index (χ3n) is 4.06. The summed E-state index contributed by atoms with van der Waals surface area (Å²) < 4.78 is 0. The van der Waals surface area contributed by atoms with Crippen molar-refractivity contribution in [3.05, 3.63) is 0 Å². The molecule has 3 atom stereocenters. The smallest absolute Gasteiger partial charge is 0.220 e. The number of nitrogens with one attached hydrogen (secondary N) is 1. The molecule has 0 aromatic rings. The third-order valence-corrected chi connectivity index (χ3v) is 4.06. The van der Waals surface area contributed by atoms with E-state index in [1.807, 2.05) is 13.8 Å². The monoisotopic (exact) mass is 239 g/mol. The summed E-state index contributed by atoms with van der Waals surface area (Å²) in [4.78, 5) is 11.9. The van der Waals surface area contributed by atoms with Crippen LogP contribution < -0.4 is 5.32 Å². The first-order chi connectivity index (χ1) is 7.90. The summed E-state index contributed by atoms with van der Waals surface area (Å²) >= 11 is 0. The Balaban J connectivity index is 2.54. The summed E-state index contributed by atoms with van der Waals surface area (Å²) in [5.74, 6) is 3.08. The molecule has 0 radical (unpaired) electrons. The summed E-state index contributed by atoms with van der Waals surface area (Å²) in [6, 6.07) is 0.265. The van der Waals surface area contributed by atoms with Gasteiger partial charge in [-0.2, -0.15) is 0 Å². The number of rotatable bonds is 4. The third kappa shape index (κ3) is 4.69. The minimum absolute atomic E-state index is 0.241. The van der Waals surface area contributed by atoms with Gasteiger partial charge >= 0.3 is 0 Å². The lowest BCUT2D eigenvalue weighted by Gasteiger charge is -2.37. The van der Waals surface area contributed by atoms with Crippen molar-refractivity contribution in [2.75, 3.05) is 0 Å². The Morgan fingerprint density at radius 2 is 1.88 bits per heavy atom. The highest BCUT2D eigenvalue weighted by Crippen LogP contribution is 2.39. The van der Waals surface area contributed by atoms with Gasteiger partial charge in [-0.1, -0.05) is 27.2 Å². The maximum Gasteiger partial charge on any atom is 0.220 e. The number of hydrogen-bond donors (Lipinski definition) is 1. The van der Waals surface area contributed by atoms with Crippen molar-refractivity contribution in [2.45, 2.75) is 66.3 Å². The molecule has 0 bridgehead atoms. The van der Waals surface area contributed by atoms with Crippen molar-refractivity contribution < 1.29 is 4.79 Å². The number of amides is 1. The first kappa shape index (κ1) is 14.5. The zero-order valence-electron chi connectivity index (χ0n) is 12.1. The highest BCUT2D eigenvalue weighted by atomic mass is 16.1. The zero-order valence-corrected chi connectivity index (χ0v) is 12.1. The predicted octanol–water partition coefficient (Wildman–Crippen LogP) is 3.61. The Morgan fingerprint density at radius 3 is 2.41 bits per heavy atom. The number of hydrogen-bond acceptors (Lipinski definition) is 1. The van der Waals surface area contributed by atoms with Crippen LogP contribution in [-0.4, -0.2) is 11.9 Å². The van der Waals surface area contributed by atoms with Gasteiger partial charge in [0.15, 0.2) is 0 Å². The first-order valence-electron chi connectivity index (χ1n) is 7.19. The van der Waals surface area contributed by atoms with Gasteiger partial charge in [-0.25, -0.2) is 0 Å². The maximum absolute atomic E-state index is 11.9. The molecule has 0 aromatic carbocycles. The van der Waals surface area contributed by atoms with E-state index >= 15 is 0 Å². The second kappa shape index (κ2) is 6.42. The highest BCUT2D eigenvalue weighted by molar-refractivity contribution is 5.76. The van der Waals surface area contributed by atoms with Crippen molar-refractivity contribution in [1.82, 2.24) is 5.32 Å². The lowest BCUT2D eigenvalue weighted by molar-refractivity contribution is -0.123. The van der Waals surface area contributed by atoms with Gasteiger partial charge in [0, 0.05) is 12.5 Å². The van der Waals surface area contributed by atoms with Crippen LogP contribution in [0, 0.1) is 23.7 Å². The fourth-order valence-electron chi connectivity index (χ4n) is 3.25. The van der Waals surface area contributed by atoms with Gasteiger partial charge in [0.2, 0.25) is 5.91 Å². The molecule has 3 unspecified atom stereocenters. The van der Waals surface area contributed by atoms with Crippen LogP contribution in [0.4, 0.5) is 0 Å². The Bertz CT molecular complexity index is 247. The number of carbonyl (C=O) groups is 1. The summed E-state index contributed by atoms with van der Waals surface area (Å²) in [7, 11) is 0. The van der Waals surface area contributed by atoms with E-state index in [2.05, 4.69) is 26.1 Å². The molecule has 1 N–H and O–H groups in total. The molecule has 1 saturated carbocycles. The van der Waals surface area contributed by atoms with Crippen molar-refractivity contribution in [3.8, 4) is 0 Å². The molecule has 1 fully saturated rings. The van der Waals surface area contributed by atoms with Crippen molar-refractivity contribution >= 4 is 5.91 Å². The van der Waals surface area contributed by atoms with Crippen LogP contribution in [0.25, 0.3) is 0 Å². The van der Waals surface area contributed by atoms with Crippen molar-refractivity contribution in [3.63, 3.8) is 0 Å². The van der Waals surface area contributed by atoms with Gasteiger partial charge in [-0.15, -0.1) is 0 Å². The normalized spacial score (nSPS) is 29.7. The van der Waals surface area contributed by atoms with E-state index in [9.17, 15) is 4.79 Å². The fraction of sp³-hybridized carbons (Fsp3) is 0.933. The molecule has 0 spiro atoms. The summed E-state index contributed by atoms with van der Waals surface area (Å²) in [6.45, 7) is 11.0.